The van der Waals surface area contributed by atoms with Gasteiger partial charge in [-0.25, -0.2) is 9.59 Å². The Bertz CT molecular complexity index is 1810. The van der Waals surface area contributed by atoms with Crippen molar-refractivity contribution in [2.24, 2.45) is 0 Å². The van der Waals surface area contributed by atoms with Gasteiger partial charge in [-0.15, -0.1) is 0 Å². The Morgan fingerprint density at radius 2 is 1.72 bits per heavy atom. The Labute approximate surface area is 337 Å². The van der Waals surface area contributed by atoms with E-state index in [1.54, 1.807) is 18.2 Å². The predicted octanol–water partition coefficient (Wildman–Crippen LogP) is 5.80. The summed E-state index contributed by atoms with van der Waals surface area (Å²) in [5.74, 6) is -0.509. The maximum absolute atomic E-state index is 13.3. The molecule has 0 bridgehead atoms. The van der Waals surface area contributed by atoms with Crippen LogP contribution in [0.4, 0.5) is 9.59 Å². The average Bonchev–Trinajstić information content (AvgIpc) is 3.69. The minimum Gasteiger partial charge on any atom is -0.454 e. The van der Waals surface area contributed by atoms with E-state index in [9.17, 15) is 19.2 Å². The van der Waals surface area contributed by atoms with Crippen LogP contribution in [0.3, 0.4) is 0 Å². The van der Waals surface area contributed by atoms with Crippen molar-refractivity contribution in [1.29, 1.82) is 0 Å². The Morgan fingerprint density at radius 3 is 2.53 bits per heavy atom. The highest BCUT2D eigenvalue weighted by molar-refractivity contribution is 6.30. The minimum atomic E-state index is -1.14. The average molecular weight is 808 g/mol. The number of ketones is 1. The van der Waals surface area contributed by atoms with E-state index < -0.39 is 42.3 Å². The number of carbonyl (C=O) groups excluding carboxylic acids is 4. The number of hydrogen-bond donors (Lipinski definition) is 3. The van der Waals surface area contributed by atoms with Crippen molar-refractivity contribution in [3.8, 4) is 11.5 Å². The van der Waals surface area contributed by atoms with Crippen LogP contribution in [-0.2, 0) is 52.7 Å². The molecule has 0 aromatic heterocycles. The number of Topliss-reactive ketones (excluding diaryl/α,β-unsaturated/α-hetero) is 1. The van der Waals surface area contributed by atoms with Gasteiger partial charge in [0.1, 0.15) is 19.3 Å². The molecule has 6 rings (SSSR count). The van der Waals surface area contributed by atoms with Gasteiger partial charge in [0.2, 0.25) is 12.7 Å². The fourth-order valence-electron chi connectivity index (χ4n) is 7.33. The van der Waals surface area contributed by atoms with Gasteiger partial charge in [0.25, 0.3) is 0 Å². The van der Waals surface area contributed by atoms with Crippen molar-refractivity contribution in [2.45, 2.75) is 94.5 Å². The van der Waals surface area contributed by atoms with E-state index >= 15 is 0 Å². The number of ether oxygens (including phenoxy) is 7. The summed E-state index contributed by atoms with van der Waals surface area (Å²) >= 11 is 5.97. The molecule has 5 atom stereocenters. The van der Waals surface area contributed by atoms with Gasteiger partial charge in [-0.3, -0.25) is 9.59 Å². The van der Waals surface area contributed by atoms with E-state index in [2.05, 4.69) is 16.0 Å². The summed E-state index contributed by atoms with van der Waals surface area (Å²) in [6.07, 6.45) is 0.892. The number of nitrogens with one attached hydrogen (secondary N) is 3. The molecule has 14 nitrogen and oxygen atoms in total. The number of fused-ring (bicyclic) bond motifs is 1. The van der Waals surface area contributed by atoms with Crippen molar-refractivity contribution >= 4 is 35.5 Å². The Kier molecular flexibility index (Phi) is 15.0. The SMILES string of the molecule is COCC(=O)[C@H](Cc1ccccc1)NC(=O)CC[C@@H]1C[C@@H](OC(=O)NCc2cccc3c2OCO3)C[C@@]2(CCC[C@H](COC(=O)NCCc3ccc(Cl)cc3)O2)O1. The third-order valence-electron chi connectivity index (χ3n) is 10.1. The van der Waals surface area contributed by atoms with Crippen molar-refractivity contribution < 1.29 is 52.3 Å². The van der Waals surface area contributed by atoms with Crippen molar-refractivity contribution in [2.75, 3.05) is 33.7 Å². The smallest absolute Gasteiger partial charge is 0.407 e. The molecule has 3 N–H and O–H groups in total. The number of methoxy groups -OCH3 is 1. The van der Waals surface area contributed by atoms with E-state index in [-0.39, 0.29) is 57.5 Å². The van der Waals surface area contributed by atoms with Crippen LogP contribution in [0.15, 0.2) is 72.8 Å². The highest BCUT2D eigenvalue weighted by Crippen LogP contribution is 2.41. The highest BCUT2D eigenvalue weighted by Gasteiger charge is 2.47. The Morgan fingerprint density at radius 1 is 0.912 bits per heavy atom. The number of carbonyl (C=O) groups is 4. The number of para-hydroxylation sites is 1. The summed E-state index contributed by atoms with van der Waals surface area (Å²) in [6.45, 7) is 0.526. The summed E-state index contributed by atoms with van der Waals surface area (Å²) in [7, 11) is 1.44. The van der Waals surface area contributed by atoms with Gasteiger partial charge in [-0.2, -0.15) is 0 Å². The van der Waals surface area contributed by atoms with E-state index in [1.807, 2.05) is 54.6 Å². The van der Waals surface area contributed by atoms with Crippen LogP contribution in [0, 0.1) is 0 Å². The normalized spacial score (nSPS) is 21.6. The molecule has 0 aliphatic carbocycles. The molecule has 0 radical (unpaired) electrons. The van der Waals surface area contributed by atoms with E-state index in [0.717, 1.165) is 16.7 Å². The van der Waals surface area contributed by atoms with Crippen LogP contribution in [0.5, 0.6) is 11.5 Å². The van der Waals surface area contributed by atoms with Crippen molar-refractivity contribution in [3.63, 3.8) is 0 Å². The molecule has 2 fully saturated rings. The molecular formula is C42H50ClN3O11. The van der Waals surface area contributed by atoms with Gasteiger partial charge >= 0.3 is 12.2 Å². The standard InChI is InChI=1S/C42H50ClN3O11/c1-51-26-36(47)35(21-29-7-3-2-4-8-29)46-38(48)17-16-32-22-34(55-41(50)45-24-30-9-5-11-37-39(30)54-27-53-37)23-42(56-32)19-6-10-33(57-42)25-52-40(49)44-20-18-28-12-14-31(43)15-13-28/h2-5,7-9,11-15,32-35H,6,10,16-27H2,1H3,(H,44,49)(H,45,50)(H,46,48)/t32-,33-,34-,35+,42+/m1/s1. The van der Waals surface area contributed by atoms with Gasteiger partial charge in [-0.05, 0) is 61.4 Å². The summed E-state index contributed by atoms with van der Waals surface area (Å²) in [6, 6.07) is 21.5. The fraction of sp³-hybridized carbons (Fsp3) is 0.476. The molecule has 0 saturated carbocycles. The van der Waals surface area contributed by atoms with E-state index in [0.29, 0.717) is 61.6 Å². The Hall–Kier alpha value is -4.89. The van der Waals surface area contributed by atoms with Crippen LogP contribution < -0.4 is 25.4 Å². The van der Waals surface area contributed by atoms with Gasteiger partial charge in [-0.1, -0.05) is 66.2 Å². The van der Waals surface area contributed by atoms with Gasteiger partial charge in [0, 0.05) is 56.5 Å². The second kappa shape index (κ2) is 20.5. The van der Waals surface area contributed by atoms with Gasteiger partial charge in [0.15, 0.2) is 23.1 Å². The molecule has 3 aromatic rings. The number of rotatable bonds is 17. The molecule has 3 heterocycles. The van der Waals surface area contributed by atoms with Crippen molar-refractivity contribution in [3.05, 3.63) is 94.5 Å². The second-order valence-corrected chi connectivity index (χ2v) is 14.8. The molecule has 3 aromatic carbocycles. The number of alkyl carbamates (subject to hydrolysis) is 2. The van der Waals surface area contributed by atoms with Crippen LogP contribution in [0.1, 0.15) is 61.6 Å². The number of hydrogen-bond acceptors (Lipinski definition) is 11. The zero-order valence-electron chi connectivity index (χ0n) is 32.0. The van der Waals surface area contributed by atoms with Crippen LogP contribution in [0.25, 0.3) is 0 Å². The summed E-state index contributed by atoms with van der Waals surface area (Å²) in [5, 5.41) is 9.11. The first-order valence-corrected chi connectivity index (χ1v) is 19.7. The molecule has 3 amide bonds. The van der Waals surface area contributed by atoms with Crippen LogP contribution >= 0.6 is 11.6 Å². The van der Waals surface area contributed by atoms with E-state index in [1.165, 1.54) is 7.11 Å². The summed E-state index contributed by atoms with van der Waals surface area (Å²) in [4.78, 5) is 52.0. The zero-order valence-corrected chi connectivity index (χ0v) is 32.8. The molecule has 306 valence electrons. The largest absolute Gasteiger partial charge is 0.454 e. The summed E-state index contributed by atoms with van der Waals surface area (Å²) < 4.78 is 40.7. The lowest BCUT2D eigenvalue weighted by atomic mass is 9.90. The molecule has 15 heteroatoms. The molecule has 3 aliphatic heterocycles. The first-order chi connectivity index (χ1) is 27.7. The van der Waals surface area contributed by atoms with Gasteiger partial charge < -0.3 is 49.1 Å². The lowest BCUT2D eigenvalue weighted by molar-refractivity contribution is -0.329. The molecule has 3 aliphatic rings. The topological polar surface area (TPSA) is 169 Å². The second-order valence-electron chi connectivity index (χ2n) is 14.4. The highest BCUT2D eigenvalue weighted by atomic mass is 35.5. The molecule has 0 unspecified atom stereocenters. The third-order valence-corrected chi connectivity index (χ3v) is 10.3. The van der Waals surface area contributed by atoms with Crippen LogP contribution in [-0.4, -0.2) is 87.7 Å². The number of amides is 3. The van der Waals surface area contributed by atoms with Crippen molar-refractivity contribution in [1.82, 2.24) is 16.0 Å². The van der Waals surface area contributed by atoms with E-state index in [4.69, 9.17) is 44.8 Å². The quantitative estimate of drug-likeness (QED) is 0.151. The minimum absolute atomic E-state index is 0.00244. The maximum atomic E-state index is 13.3. The molecule has 57 heavy (non-hydrogen) atoms. The zero-order chi connectivity index (χ0) is 40.0. The Balaban J connectivity index is 1.06. The van der Waals surface area contributed by atoms with Gasteiger partial charge in [0.05, 0.1) is 18.2 Å². The molecular weight excluding hydrogens is 758 g/mol. The third kappa shape index (κ3) is 12.5. The number of halogens is 1. The molecule has 2 saturated heterocycles. The first kappa shape index (κ1) is 41.7. The van der Waals surface area contributed by atoms with Crippen LogP contribution in [0.2, 0.25) is 5.02 Å². The summed E-state index contributed by atoms with van der Waals surface area (Å²) in [5.41, 5.74) is 2.68. The molecule has 1 spiro atoms. The number of benzene rings is 3. The fourth-order valence-corrected chi connectivity index (χ4v) is 7.46. The maximum Gasteiger partial charge on any atom is 0.407 e. The predicted molar refractivity (Wildman–Crippen MR) is 208 cm³/mol. The lowest BCUT2D eigenvalue weighted by Gasteiger charge is -2.47. The monoisotopic (exact) mass is 807 g/mol. The lowest BCUT2D eigenvalue weighted by Crippen LogP contribution is -2.54. The first-order valence-electron chi connectivity index (χ1n) is 19.3.